The number of hydrogen-bond donors (Lipinski definition) is 1. The number of nitrogens with one attached hydrogen (secondary N) is 1. The molecule has 5 heteroatoms. The molecule has 0 unspecified atom stereocenters. The summed E-state index contributed by atoms with van der Waals surface area (Å²) in [6, 6.07) is 3.96. The third kappa shape index (κ3) is 6.57. The van der Waals surface area contributed by atoms with Gasteiger partial charge in [0.05, 0.1) is 24.8 Å². The van der Waals surface area contributed by atoms with Gasteiger partial charge in [-0.05, 0) is 31.0 Å². The quantitative estimate of drug-likeness (QED) is 0.674. The first kappa shape index (κ1) is 17.2. The number of methoxy groups -OCH3 is 1. The van der Waals surface area contributed by atoms with Crippen LogP contribution in [0.25, 0.3) is 0 Å². The predicted molar refractivity (Wildman–Crippen MR) is 82.0 cm³/mol. The van der Waals surface area contributed by atoms with Crippen molar-refractivity contribution in [3.05, 3.63) is 28.3 Å². The van der Waals surface area contributed by atoms with Crippen molar-refractivity contribution < 1.29 is 14.2 Å². The normalized spacial score (nSPS) is 10.8. The molecular formula is C15H24ClNO3. The zero-order valence-electron chi connectivity index (χ0n) is 12.5. The van der Waals surface area contributed by atoms with Gasteiger partial charge in [0.15, 0.2) is 0 Å². The summed E-state index contributed by atoms with van der Waals surface area (Å²) in [6.45, 7) is 8.10. The van der Waals surface area contributed by atoms with Gasteiger partial charge in [-0.1, -0.05) is 17.7 Å². The van der Waals surface area contributed by atoms with Gasteiger partial charge in [0, 0.05) is 20.2 Å². The van der Waals surface area contributed by atoms with Crippen molar-refractivity contribution in [1.29, 1.82) is 0 Å². The minimum Gasteiger partial charge on any atom is -0.489 e. The molecule has 1 aromatic carbocycles. The SMILES string of the molecule is COCCNCCOCCOc1c(C)cc(C)cc1Cl. The average molecular weight is 302 g/mol. The molecule has 1 N–H and O–H groups in total. The second kappa shape index (κ2) is 10.00. The minimum absolute atomic E-state index is 0.502. The maximum absolute atomic E-state index is 6.16. The molecule has 0 spiro atoms. The monoisotopic (exact) mass is 301 g/mol. The topological polar surface area (TPSA) is 39.7 Å². The van der Waals surface area contributed by atoms with Crippen LogP contribution in [0, 0.1) is 13.8 Å². The Labute approximate surface area is 126 Å². The highest BCUT2D eigenvalue weighted by Crippen LogP contribution is 2.29. The van der Waals surface area contributed by atoms with E-state index in [1.807, 2.05) is 19.9 Å². The van der Waals surface area contributed by atoms with Crippen molar-refractivity contribution >= 4 is 11.6 Å². The highest BCUT2D eigenvalue weighted by Gasteiger charge is 2.06. The lowest BCUT2D eigenvalue weighted by molar-refractivity contribution is 0.100. The first-order chi connectivity index (χ1) is 9.65. The van der Waals surface area contributed by atoms with Crippen LogP contribution in [0.15, 0.2) is 12.1 Å². The van der Waals surface area contributed by atoms with E-state index in [9.17, 15) is 0 Å². The van der Waals surface area contributed by atoms with E-state index in [4.69, 9.17) is 25.8 Å². The molecule has 0 aliphatic rings. The third-order valence-corrected chi connectivity index (χ3v) is 3.03. The number of rotatable bonds is 10. The van der Waals surface area contributed by atoms with Crippen LogP contribution in [-0.4, -0.2) is 46.6 Å². The van der Waals surface area contributed by atoms with Gasteiger partial charge >= 0.3 is 0 Å². The Bertz CT molecular complexity index is 376. The van der Waals surface area contributed by atoms with Gasteiger partial charge in [-0.2, -0.15) is 0 Å². The molecule has 0 heterocycles. The zero-order chi connectivity index (χ0) is 14.8. The third-order valence-electron chi connectivity index (χ3n) is 2.75. The fraction of sp³-hybridized carbons (Fsp3) is 0.600. The number of benzene rings is 1. The van der Waals surface area contributed by atoms with Crippen LogP contribution in [0.4, 0.5) is 0 Å². The molecule has 0 amide bonds. The lowest BCUT2D eigenvalue weighted by Crippen LogP contribution is -2.24. The van der Waals surface area contributed by atoms with Crippen LogP contribution in [0.5, 0.6) is 5.75 Å². The zero-order valence-corrected chi connectivity index (χ0v) is 13.3. The van der Waals surface area contributed by atoms with E-state index in [1.165, 1.54) is 0 Å². The summed E-state index contributed by atoms with van der Waals surface area (Å²) in [6.07, 6.45) is 0. The summed E-state index contributed by atoms with van der Waals surface area (Å²) in [7, 11) is 1.69. The van der Waals surface area contributed by atoms with E-state index in [0.717, 1.165) is 30.0 Å². The molecule has 0 bridgehead atoms. The van der Waals surface area contributed by atoms with Gasteiger partial charge in [0.1, 0.15) is 12.4 Å². The van der Waals surface area contributed by atoms with Crippen molar-refractivity contribution in [2.75, 3.05) is 46.6 Å². The summed E-state index contributed by atoms with van der Waals surface area (Å²) < 4.78 is 16.1. The summed E-state index contributed by atoms with van der Waals surface area (Å²) in [5.74, 6) is 0.749. The van der Waals surface area contributed by atoms with Crippen LogP contribution in [0.2, 0.25) is 5.02 Å². The van der Waals surface area contributed by atoms with E-state index >= 15 is 0 Å². The van der Waals surface area contributed by atoms with Gasteiger partial charge in [-0.25, -0.2) is 0 Å². The van der Waals surface area contributed by atoms with Gasteiger partial charge in [-0.15, -0.1) is 0 Å². The van der Waals surface area contributed by atoms with Crippen LogP contribution in [-0.2, 0) is 9.47 Å². The molecule has 0 aliphatic heterocycles. The van der Waals surface area contributed by atoms with Crippen LogP contribution >= 0.6 is 11.6 Å². The van der Waals surface area contributed by atoms with Gasteiger partial charge < -0.3 is 19.5 Å². The molecule has 1 rings (SSSR count). The number of aryl methyl sites for hydroxylation is 2. The van der Waals surface area contributed by atoms with Gasteiger partial charge in [-0.3, -0.25) is 0 Å². The van der Waals surface area contributed by atoms with E-state index in [-0.39, 0.29) is 0 Å². The predicted octanol–water partition coefficient (Wildman–Crippen LogP) is 2.59. The summed E-state index contributed by atoms with van der Waals surface area (Å²) in [4.78, 5) is 0. The Balaban J connectivity index is 2.13. The maximum Gasteiger partial charge on any atom is 0.140 e. The Morgan fingerprint density at radius 2 is 1.80 bits per heavy atom. The maximum atomic E-state index is 6.16. The minimum atomic E-state index is 0.502. The molecule has 4 nitrogen and oxygen atoms in total. The van der Waals surface area contributed by atoms with Crippen molar-refractivity contribution in [3.8, 4) is 5.75 Å². The molecule has 0 aromatic heterocycles. The summed E-state index contributed by atoms with van der Waals surface area (Å²) >= 11 is 6.16. The lowest BCUT2D eigenvalue weighted by atomic mass is 10.1. The van der Waals surface area contributed by atoms with Crippen LogP contribution in [0.3, 0.4) is 0 Å². The Morgan fingerprint density at radius 1 is 1.05 bits per heavy atom. The number of ether oxygens (including phenoxy) is 3. The number of hydrogen-bond acceptors (Lipinski definition) is 4. The van der Waals surface area contributed by atoms with Crippen molar-refractivity contribution in [3.63, 3.8) is 0 Å². The smallest absolute Gasteiger partial charge is 0.140 e. The van der Waals surface area contributed by atoms with Crippen LogP contribution < -0.4 is 10.1 Å². The molecular weight excluding hydrogens is 278 g/mol. The molecule has 0 radical (unpaired) electrons. The Kier molecular flexibility index (Phi) is 8.62. The molecule has 114 valence electrons. The average Bonchev–Trinajstić information content (AvgIpc) is 2.39. The van der Waals surface area contributed by atoms with Gasteiger partial charge in [0.25, 0.3) is 0 Å². The second-order valence-electron chi connectivity index (χ2n) is 4.60. The molecule has 1 aromatic rings. The molecule has 0 saturated heterocycles. The lowest BCUT2D eigenvalue weighted by Gasteiger charge is -2.12. The largest absolute Gasteiger partial charge is 0.489 e. The Morgan fingerprint density at radius 3 is 2.50 bits per heavy atom. The summed E-state index contributed by atoms with van der Waals surface area (Å²) in [5, 5.41) is 3.86. The Hall–Kier alpha value is -0.810. The highest BCUT2D eigenvalue weighted by atomic mass is 35.5. The van der Waals surface area contributed by atoms with E-state index in [2.05, 4.69) is 11.4 Å². The second-order valence-corrected chi connectivity index (χ2v) is 5.00. The van der Waals surface area contributed by atoms with E-state index in [0.29, 0.717) is 31.5 Å². The molecule has 0 atom stereocenters. The van der Waals surface area contributed by atoms with Crippen molar-refractivity contribution in [1.82, 2.24) is 5.32 Å². The number of halogens is 1. The van der Waals surface area contributed by atoms with Gasteiger partial charge in [0.2, 0.25) is 0 Å². The van der Waals surface area contributed by atoms with Crippen LogP contribution in [0.1, 0.15) is 11.1 Å². The molecule has 20 heavy (non-hydrogen) atoms. The molecule has 0 fully saturated rings. The fourth-order valence-corrected chi connectivity index (χ4v) is 2.21. The standard InChI is InChI=1S/C15H24ClNO3/c1-12-10-13(2)15(14(16)11-12)20-9-8-19-7-5-17-4-6-18-3/h10-11,17H,4-9H2,1-3H3. The summed E-state index contributed by atoms with van der Waals surface area (Å²) in [5.41, 5.74) is 2.19. The fourth-order valence-electron chi connectivity index (χ4n) is 1.83. The van der Waals surface area contributed by atoms with E-state index in [1.54, 1.807) is 7.11 Å². The first-order valence-electron chi connectivity index (χ1n) is 6.82. The highest BCUT2D eigenvalue weighted by molar-refractivity contribution is 6.32. The van der Waals surface area contributed by atoms with Crippen molar-refractivity contribution in [2.24, 2.45) is 0 Å². The first-order valence-corrected chi connectivity index (χ1v) is 7.20. The van der Waals surface area contributed by atoms with E-state index < -0.39 is 0 Å². The van der Waals surface area contributed by atoms with Crippen molar-refractivity contribution in [2.45, 2.75) is 13.8 Å². The molecule has 0 aliphatic carbocycles. The molecule has 0 saturated carbocycles.